The topological polar surface area (TPSA) is 64.6 Å². The van der Waals surface area contributed by atoms with Gasteiger partial charge in [-0.2, -0.15) is 0 Å². The molecule has 1 aliphatic carbocycles. The number of rotatable bonds is 4. The molecule has 1 spiro atoms. The number of ether oxygens (including phenoxy) is 2. The number of nitrogens with one attached hydrogen (secondary N) is 1. The second-order valence-corrected chi connectivity index (χ2v) is 8.17. The predicted molar refractivity (Wildman–Crippen MR) is 84.7 cm³/mol. The second-order valence-electron chi connectivity index (χ2n) is 5.93. The monoisotopic (exact) mass is 325 g/mol. The lowest BCUT2D eigenvalue weighted by Crippen LogP contribution is -2.39. The number of sulfone groups is 1. The molecule has 22 heavy (non-hydrogen) atoms. The summed E-state index contributed by atoms with van der Waals surface area (Å²) in [5.74, 6) is -0.270. The Labute approximate surface area is 131 Å². The minimum Gasteiger partial charge on any atom is -0.381 e. The Bertz CT molecular complexity index is 613. The largest absolute Gasteiger partial charge is 0.381 e. The van der Waals surface area contributed by atoms with Crippen molar-refractivity contribution in [2.24, 2.45) is 0 Å². The van der Waals surface area contributed by atoms with E-state index >= 15 is 0 Å². The molecule has 122 valence electrons. The molecule has 0 bridgehead atoms. The lowest BCUT2D eigenvalue weighted by molar-refractivity contribution is -0.177. The van der Waals surface area contributed by atoms with Crippen LogP contribution in [0.15, 0.2) is 29.2 Å². The van der Waals surface area contributed by atoms with Crippen LogP contribution in [0.2, 0.25) is 0 Å². The van der Waals surface area contributed by atoms with Gasteiger partial charge in [0.25, 0.3) is 0 Å². The molecule has 0 unspecified atom stereocenters. The SMILES string of the molecule is CCS(=O)(=O)c1ccccc1NC1CCC2(CC1)OCCO2. The van der Waals surface area contributed by atoms with Gasteiger partial charge in [0.05, 0.1) is 29.5 Å². The van der Waals surface area contributed by atoms with E-state index in [2.05, 4.69) is 5.32 Å². The summed E-state index contributed by atoms with van der Waals surface area (Å²) in [7, 11) is -3.21. The standard InChI is InChI=1S/C16H23NO4S/c1-2-22(18,19)15-6-4-3-5-14(15)17-13-7-9-16(10-8-13)20-11-12-21-16/h3-6,13,17H,2,7-12H2,1H3. The van der Waals surface area contributed by atoms with Crippen LogP contribution < -0.4 is 5.32 Å². The molecular weight excluding hydrogens is 302 g/mol. The van der Waals surface area contributed by atoms with Crippen molar-refractivity contribution in [2.45, 2.75) is 49.3 Å². The summed E-state index contributed by atoms with van der Waals surface area (Å²) in [5.41, 5.74) is 0.707. The lowest BCUT2D eigenvalue weighted by Gasteiger charge is -2.36. The fraction of sp³-hybridized carbons (Fsp3) is 0.625. The van der Waals surface area contributed by atoms with Crippen LogP contribution in [0.25, 0.3) is 0 Å². The lowest BCUT2D eigenvalue weighted by atomic mass is 9.90. The molecule has 0 atom stereocenters. The van der Waals surface area contributed by atoms with Gasteiger partial charge < -0.3 is 14.8 Å². The maximum atomic E-state index is 12.2. The molecule has 1 N–H and O–H groups in total. The van der Waals surface area contributed by atoms with Gasteiger partial charge in [-0.15, -0.1) is 0 Å². The van der Waals surface area contributed by atoms with Gasteiger partial charge in [0.1, 0.15) is 0 Å². The molecule has 1 saturated heterocycles. The van der Waals surface area contributed by atoms with Crippen LogP contribution in [0, 0.1) is 0 Å². The van der Waals surface area contributed by atoms with Crippen molar-refractivity contribution in [2.75, 3.05) is 24.3 Å². The third-order valence-electron chi connectivity index (χ3n) is 4.52. The Morgan fingerprint density at radius 2 is 1.82 bits per heavy atom. The molecule has 6 heteroatoms. The van der Waals surface area contributed by atoms with Crippen LogP contribution in [-0.2, 0) is 19.3 Å². The molecule has 0 aromatic heterocycles. The van der Waals surface area contributed by atoms with Gasteiger partial charge in [-0.05, 0) is 25.0 Å². The molecule has 1 aromatic rings. The predicted octanol–water partition coefficient (Wildman–Crippen LogP) is 2.58. The van der Waals surface area contributed by atoms with E-state index in [1.165, 1.54) is 0 Å². The van der Waals surface area contributed by atoms with Crippen molar-refractivity contribution in [3.05, 3.63) is 24.3 Å². The molecule has 5 nitrogen and oxygen atoms in total. The van der Waals surface area contributed by atoms with E-state index in [1.54, 1.807) is 19.1 Å². The molecule has 0 amide bonds. The fourth-order valence-corrected chi connectivity index (χ4v) is 4.28. The van der Waals surface area contributed by atoms with E-state index in [0.717, 1.165) is 25.7 Å². The first kappa shape index (κ1) is 15.8. The summed E-state index contributed by atoms with van der Waals surface area (Å²) >= 11 is 0. The minimum atomic E-state index is -3.21. The molecule has 1 heterocycles. The maximum absolute atomic E-state index is 12.2. The van der Waals surface area contributed by atoms with Crippen LogP contribution in [-0.4, -0.2) is 39.2 Å². The van der Waals surface area contributed by atoms with E-state index in [0.29, 0.717) is 23.8 Å². The molecule has 0 radical (unpaired) electrons. The first-order chi connectivity index (χ1) is 10.5. The van der Waals surface area contributed by atoms with Crippen LogP contribution >= 0.6 is 0 Å². The molecule has 2 aliphatic rings. The van der Waals surface area contributed by atoms with Gasteiger partial charge in [0.15, 0.2) is 15.6 Å². The number of hydrogen-bond donors (Lipinski definition) is 1. The number of benzene rings is 1. The van der Waals surface area contributed by atoms with Gasteiger partial charge in [-0.25, -0.2) is 8.42 Å². The zero-order chi connectivity index (χ0) is 15.6. The number of anilines is 1. The van der Waals surface area contributed by atoms with Crippen molar-refractivity contribution in [1.82, 2.24) is 0 Å². The molecule has 1 aromatic carbocycles. The van der Waals surface area contributed by atoms with Crippen molar-refractivity contribution in [3.63, 3.8) is 0 Å². The van der Waals surface area contributed by atoms with Crippen molar-refractivity contribution in [3.8, 4) is 0 Å². The van der Waals surface area contributed by atoms with E-state index in [1.807, 2.05) is 12.1 Å². The highest BCUT2D eigenvalue weighted by atomic mass is 32.2. The quantitative estimate of drug-likeness (QED) is 0.922. The van der Waals surface area contributed by atoms with Crippen molar-refractivity contribution >= 4 is 15.5 Å². The average Bonchev–Trinajstić information content (AvgIpc) is 2.99. The number of para-hydroxylation sites is 1. The van der Waals surface area contributed by atoms with Gasteiger partial charge in [-0.3, -0.25) is 0 Å². The fourth-order valence-electron chi connectivity index (χ4n) is 3.22. The Morgan fingerprint density at radius 1 is 1.18 bits per heavy atom. The second kappa shape index (κ2) is 6.18. The molecular formula is C16H23NO4S. The molecule has 2 fully saturated rings. The summed E-state index contributed by atoms with van der Waals surface area (Å²) in [6.45, 7) is 3.02. The summed E-state index contributed by atoms with van der Waals surface area (Å²) in [6.07, 6.45) is 3.54. The summed E-state index contributed by atoms with van der Waals surface area (Å²) in [4.78, 5) is 0.395. The first-order valence-corrected chi connectivity index (χ1v) is 9.56. The minimum absolute atomic E-state index is 0.112. The third-order valence-corrected chi connectivity index (χ3v) is 6.31. The van der Waals surface area contributed by atoms with Crippen LogP contribution in [0.4, 0.5) is 5.69 Å². The third kappa shape index (κ3) is 3.14. The van der Waals surface area contributed by atoms with Gasteiger partial charge in [0, 0.05) is 18.9 Å². The van der Waals surface area contributed by atoms with Crippen molar-refractivity contribution in [1.29, 1.82) is 0 Å². The zero-order valence-corrected chi connectivity index (χ0v) is 13.7. The zero-order valence-electron chi connectivity index (χ0n) is 12.9. The smallest absolute Gasteiger partial charge is 0.180 e. The van der Waals surface area contributed by atoms with Crippen molar-refractivity contribution < 1.29 is 17.9 Å². The highest BCUT2D eigenvalue weighted by molar-refractivity contribution is 7.91. The summed E-state index contributed by atoms with van der Waals surface area (Å²) in [6, 6.07) is 7.41. The van der Waals surface area contributed by atoms with Crippen LogP contribution in [0.3, 0.4) is 0 Å². The normalized spacial score (nSPS) is 22.0. The van der Waals surface area contributed by atoms with E-state index in [9.17, 15) is 8.42 Å². The first-order valence-electron chi connectivity index (χ1n) is 7.91. The average molecular weight is 325 g/mol. The highest BCUT2D eigenvalue weighted by Gasteiger charge is 2.40. The highest BCUT2D eigenvalue weighted by Crippen LogP contribution is 2.37. The summed E-state index contributed by atoms with van der Waals surface area (Å²) < 4.78 is 35.8. The van der Waals surface area contributed by atoms with Gasteiger partial charge in [0.2, 0.25) is 0 Å². The van der Waals surface area contributed by atoms with Crippen LogP contribution in [0.5, 0.6) is 0 Å². The Hall–Kier alpha value is -1.11. The Kier molecular flexibility index (Phi) is 4.43. The molecule has 1 saturated carbocycles. The Balaban J connectivity index is 1.70. The van der Waals surface area contributed by atoms with Gasteiger partial charge in [-0.1, -0.05) is 19.1 Å². The van der Waals surface area contributed by atoms with E-state index < -0.39 is 9.84 Å². The number of hydrogen-bond acceptors (Lipinski definition) is 5. The van der Waals surface area contributed by atoms with E-state index in [-0.39, 0.29) is 17.6 Å². The molecule has 3 rings (SSSR count). The Morgan fingerprint density at radius 3 is 2.45 bits per heavy atom. The van der Waals surface area contributed by atoms with E-state index in [4.69, 9.17) is 9.47 Å². The maximum Gasteiger partial charge on any atom is 0.180 e. The van der Waals surface area contributed by atoms with Gasteiger partial charge >= 0.3 is 0 Å². The molecule has 1 aliphatic heterocycles. The summed E-state index contributed by atoms with van der Waals surface area (Å²) in [5, 5.41) is 3.41. The van der Waals surface area contributed by atoms with Crippen LogP contribution in [0.1, 0.15) is 32.6 Å².